The fourth-order valence-electron chi connectivity index (χ4n) is 2.04. The van der Waals surface area contributed by atoms with Crippen molar-refractivity contribution in [2.24, 2.45) is 0 Å². The zero-order chi connectivity index (χ0) is 15.4. The number of methoxy groups -OCH3 is 1. The molecule has 2 N–H and O–H groups in total. The predicted molar refractivity (Wildman–Crippen MR) is 86.2 cm³/mol. The molecule has 2 aromatic rings. The van der Waals surface area contributed by atoms with E-state index in [0.717, 1.165) is 10.7 Å². The average Bonchev–Trinajstić information content (AvgIpc) is 2.84. The molecular weight excluding hydrogens is 286 g/mol. The Morgan fingerprint density at radius 2 is 2.24 bits per heavy atom. The molecular formula is C15H19N3O2S. The van der Waals surface area contributed by atoms with Crippen LogP contribution >= 0.6 is 11.3 Å². The smallest absolute Gasteiger partial charge is 0.177 e. The number of nitrogens with zero attached hydrogens (tertiary/aromatic N) is 2. The third kappa shape index (κ3) is 3.16. The van der Waals surface area contributed by atoms with E-state index in [4.69, 9.17) is 10.5 Å². The number of hydrogen-bond acceptors (Lipinski definition) is 6. The molecule has 0 aliphatic carbocycles. The number of nitrogen functional groups attached to an aromatic ring is 1. The van der Waals surface area contributed by atoms with Crippen molar-refractivity contribution in [1.29, 1.82) is 0 Å². The van der Waals surface area contributed by atoms with Crippen LogP contribution in [-0.4, -0.2) is 24.9 Å². The summed E-state index contributed by atoms with van der Waals surface area (Å²) in [4.78, 5) is 18.8. The highest BCUT2D eigenvalue weighted by Gasteiger charge is 2.23. The van der Waals surface area contributed by atoms with Gasteiger partial charge in [0.05, 0.1) is 29.9 Å². The lowest BCUT2D eigenvalue weighted by Gasteiger charge is -2.18. The van der Waals surface area contributed by atoms with Crippen molar-refractivity contribution in [1.82, 2.24) is 4.98 Å². The van der Waals surface area contributed by atoms with Gasteiger partial charge < -0.3 is 15.4 Å². The normalized spacial score (nSPS) is 10.4. The Balaban J connectivity index is 2.32. The maximum Gasteiger partial charge on any atom is 0.177 e. The maximum atomic E-state index is 11.9. The number of nitrogens with two attached hydrogens (primary N) is 1. The second-order valence-electron chi connectivity index (χ2n) is 4.64. The molecule has 0 saturated heterocycles. The molecule has 2 heterocycles. The van der Waals surface area contributed by atoms with Gasteiger partial charge in [0.2, 0.25) is 0 Å². The standard InChI is InChI=1S/C15H19N3O2S/c1-4-11(19)14-12(16)13(20-3)15(21-14)18(2)9-10-7-5-6-8-17-10/h5-8H,4,9,16H2,1-3H3. The molecule has 0 atom stereocenters. The van der Waals surface area contributed by atoms with Crippen LogP contribution in [0.25, 0.3) is 0 Å². The van der Waals surface area contributed by atoms with Gasteiger partial charge in [0.15, 0.2) is 11.5 Å². The summed E-state index contributed by atoms with van der Waals surface area (Å²) in [6.07, 6.45) is 2.19. The number of Topliss-reactive ketones (excluding diaryl/α,β-unsaturated/α-hetero) is 1. The molecule has 21 heavy (non-hydrogen) atoms. The first kappa shape index (κ1) is 15.3. The Labute approximate surface area is 128 Å². The topological polar surface area (TPSA) is 68.5 Å². The first-order chi connectivity index (χ1) is 10.1. The first-order valence-corrected chi connectivity index (χ1v) is 7.50. The lowest BCUT2D eigenvalue weighted by molar-refractivity contribution is 0.0992. The van der Waals surface area contributed by atoms with Crippen LogP contribution in [0.2, 0.25) is 0 Å². The minimum absolute atomic E-state index is 0.0355. The number of rotatable bonds is 6. The van der Waals surface area contributed by atoms with E-state index < -0.39 is 0 Å². The van der Waals surface area contributed by atoms with Crippen molar-refractivity contribution in [2.75, 3.05) is 24.8 Å². The number of carbonyl (C=O) groups excluding carboxylic acids is 1. The lowest BCUT2D eigenvalue weighted by Crippen LogP contribution is -2.16. The van der Waals surface area contributed by atoms with Gasteiger partial charge in [0.1, 0.15) is 5.00 Å². The van der Waals surface area contributed by atoms with E-state index in [1.54, 1.807) is 13.3 Å². The lowest BCUT2D eigenvalue weighted by atomic mass is 10.2. The van der Waals surface area contributed by atoms with Crippen LogP contribution in [0.4, 0.5) is 10.7 Å². The van der Waals surface area contributed by atoms with Crippen LogP contribution in [0.5, 0.6) is 5.75 Å². The van der Waals surface area contributed by atoms with Gasteiger partial charge in [0, 0.05) is 19.7 Å². The fraction of sp³-hybridized carbons (Fsp3) is 0.333. The molecule has 0 fully saturated rings. The van der Waals surface area contributed by atoms with Crippen LogP contribution in [0.1, 0.15) is 28.7 Å². The van der Waals surface area contributed by atoms with Gasteiger partial charge in [-0.15, -0.1) is 11.3 Å². The summed E-state index contributed by atoms with van der Waals surface area (Å²) in [5.41, 5.74) is 7.41. The first-order valence-electron chi connectivity index (χ1n) is 6.69. The number of aromatic nitrogens is 1. The zero-order valence-corrected chi connectivity index (χ0v) is 13.2. The van der Waals surface area contributed by atoms with Crippen molar-refractivity contribution >= 4 is 27.8 Å². The largest absolute Gasteiger partial charge is 0.492 e. The quantitative estimate of drug-likeness (QED) is 0.831. The van der Waals surface area contributed by atoms with Crippen molar-refractivity contribution < 1.29 is 9.53 Å². The number of ether oxygens (including phenoxy) is 1. The van der Waals surface area contributed by atoms with Crippen LogP contribution in [0.15, 0.2) is 24.4 Å². The van der Waals surface area contributed by atoms with Crippen LogP contribution in [0.3, 0.4) is 0 Å². The van der Waals surface area contributed by atoms with Crippen LogP contribution in [-0.2, 0) is 6.54 Å². The van der Waals surface area contributed by atoms with Gasteiger partial charge in [-0.2, -0.15) is 0 Å². The van der Waals surface area contributed by atoms with E-state index in [-0.39, 0.29) is 5.78 Å². The van der Waals surface area contributed by atoms with E-state index in [1.165, 1.54) is 11.3 Å². The minimum Gasteiger partial charge on any atom is -0.492 e. The Morgan fingerprint density at radius 3 is 2.81 bits per heavy atom. The molecule has 112 valence electrons. The third-order valence-electron chi connectivity index (χ3n) is 3.13. The summed E-state index contributed by atoms with van der Waals surface area (Å²) in [7, 11) is 3.50. The Kier molecular flexibility index (Phi) is 4.80. The number of anilines is 2. The van der Waals surface area contributed by atoms with Crippen molar-refractivity contribution in [3.05, 3.63) is 35.0 Å². The number of hydrogen-bond donors (Lipinski definition) is 1. The fourth-order valence-corrected chi connectivity index (χ4v) is 3.20. The molecule has 0 spiro atoms. The minimum atomic E-state index is 0.0355. The molecule has 0 unspecified atom stereocenters. The van der Waals surface area contributed by atoms with Crippen LogP contribution < -0.4 is 15.4 Å². The zero-order valence-electron chi connectivity index (χ0n) is 12.4. The molecule has 5 nitrogen and oxygen atoms in total. The van der Waals surface area contributed by atoms with E-state index >= 15 is 0 Å². The van der Waals surface area contributed by atoms with E-state index in [1.807, 2.05) is 37.1 Å². The van der Waals surface area contributed by atoms with Gasteiger partial charge >= 0.3 is 0 Å². The number of pyridine rings is 1. The van der Waals surface area contributed by atoms with Crippen molar-refractivity contribution in [3.8, 4) is 5.75 Å². The van der Waals surface area contributed by atoms with E-state index in [0.29, 0.717) is 29.3 Å². The summed E-state index contributed by atoms with van der Waals surface area (Å²) in [5, 5.41) is 0.845. The maximum absolute atomic E-state index is 11.9. The van der Waals surface area contributed by atoms with Gasteiger partial charge in [-0.25, -0.2) is 0 Å². The summed E-state index contributed by atoms with van der Waals surface area (Å²) in [5.74, 6) is 0.600. The summed E-state index contributed by atoms with van der Waals surface area (Å²) in [6.45, 7) is 2.45. The Morgan fingerprint density at radius 1 is 1.48 bits per heavy atom. The third-order valence-corrected chi connectivity index (χ3v) is 4.47. The number of ketones is 1. The highest BCUT2D eigenvalue weighted by Crippen LogP contribution is 2.45. The van der Waals surface area contributed by atoms with E-state index in [2.05, 4.69) is 4.98 Å². The van der Waals surface area contributed by atoms with Gasteiger partial charge in [0.25, 0.3) is 0 Å². The van der Waals surface area contributed by atoms with Crippen LogP contribution in [0, 0.1) is 0 Å². The molecule has 6 heteroatoms. The molecule has 2 rings (SSSR count). The van der Waals surface area contributed by atoms with Gasteiger partial charge in [-0.05, 0) is 12.1 Å². The Bertz CT molecular complexity index is 625. The molecule has 2 aromatic heterocycles. The summed E-state index contributed by atoms with van der Waals surface area (Å²) >= 11 is 1.37. The average molecular weight is 305 g/mol. The molecule has 0 aliphatic heterocycles. The van der Waals surface area contributed by atoms with Gasteiger partial charge in [-0.1, -0.05) is 13.0 Å². The molecule has 0 saturated carbocycles. The molecule has 0 aliphatic rings. The SMILES string of the molecule is CCC(=O)c1sc(N(C)Cc2ccccn2)c(OC)c1N. The number of thiophene rings is 1. The highest BCUT2D eigenvalue weighted by atomic mass is 32.1. The monoisotopic (exact) mass is 305 g/mol. The summed E-state index contributed by atoms with van der Waals surface area (Å²) < 4.78 is 5.38. The molecule has 0 aromatic carbocycles. The number of carbonyl (C=O) groups is 1. The molecule has 0 amide bonds. The van der Waals surface area contributed by atoms with Gasteiger partial charge in [-0.3, -0.25) is 9.78 Å². The summed E-state index contributed by atoms with van der Waals surface area (Å²) in [6, 6.07) is 5.78. The predicted octanol–water partition coefficient (Wildman–Crippen LogP) is 2.96. The second-order valence-corrected chi connectivity index (χ2v) is 5.64. The Hall–Kier alpha value is -2.08. The molecule has 0 radical (unpaired) electrons. The second kappa shape index (κ2) is 6.58. The van der Waals surface area contributed by atoms with Crippen molar-refractivity contribution in [2.45, 2.75) is 19.9 Å². The molecule has 0 bridgehead atoms. The highest BCUT2D eigenvalue weighted by molar-refractivity contribution is 7.19. The van der Waals surface area contributed by atoms with Crippen molar-refractivity contribution in [3.63, 3.8) is 0 Å². The van der Waals surface area contributed by atoms with E-state index in [9.17, 15) is 4.79 Å².